The van der Waals surface area contributed by atoms with Crippen LogP contribution in [-0.4, -0.2) is 12.6 Å². The van der Waals surface area contributed by atoms with E-state index in [-0.39, 0.29) is 11.9 Å². The van der Waals surface area contributed by atoms with Crippen LogP contribution in [0.4, 0.5) is 4.39 Å². The van der Waals surface area contributed by atoms with E-state index in [1.54, 1.807) is 6.07 Å². The summed E-state index contributed by atoms with van der Waals surface area (Å²) in [4.78, 5) is 0. The van der Waals surface area contributed by atoms with Crippen LogP contribution in [0.5, 0.6) is 0 Å². The quantitative estimate of drug-likeness (QED) is 0.842. The molecule has 0 amide bonds. The molecule has 21 heavy (non-hydrogen) atoms. The number of hydrogen-bond acceptors (Lipinski definition) is 1. The normalized spacial score (nSPS) is 18.0. The van der Waals surface area contributed by atoms with E-state index in [2.05, 4.69) is 52.4 Å². The molecule has 0 saturated heterocycles. The zero-order valence-electron chi connectivity index (χ0n) is 12.1. The third-order valence-corrected chi connectivity index (χ3v) is 4.79. The minimum Gasteiger partial charge on any atom is -0.313 e. The maximum absolute atomic E-state index is 14.0. The van der Waals surface area contributed by atoms with Crippen LogP contribution in [0.25, 0.3) is 0 Å². The fourth-order valence-electron chi connectivity index (χ4n) is 3.21. The Balaban J connectivity index is 1.82. The molecule has 110 valence electrons. The van der Waals surface area contributed by atoms with Crippen molar-refractivity contribution in [2.75, 3.05) is 6.54 Å². The predicted molar refractivity (Wildman–Crippen MR) is 88.2 cm³/mol. The van der Waals surface area contributed by atoms with Gasteiger partial charge in [0, 0.05) is 16.4 Å². The summed E-state index contributed by atoms with van der Waals surface area (Å²) in [7, 11) is 0. The van der Waals surface area contributed by atoms with Gasteiger partial charge in [0.2, 0.25) is 0 Å². The maximum atomic E-state index is 14.0. The molecule has 0 spiro atoms. The standard InChI is InChI=1S/C18H19BrFN/c1-2-21-18(11-13-9-14(19)7-8-17(13)20)16-10-12-5-3-4-6-15(12)16/h3-9,16,18,21H,2,10-11H2,1H3. The fourth-order valence-corrected chi connectivity index (χ4v) is 3.62. The van der Waals surface area contributed by atoms with Crippen LogP contribution < -0.4 is 5.32 Å². The van der Waals surface area contributed by atoms with E-state index in [4.69, 9.17) is 0 Å². The number of benzene rings is 2. The lowest BCUT2D eigenvalue weighted by molar-refractivity contribution is 0.400. The lowest BCUT2D eigenvalue weighted by atomic mass is 9.72. The van der Waals surface area contributed by atoms with E-state index >= 15 is 0 Å². The molecule has 3 heteroatoms. The van der Waals surface area contributed by atoms with Gasteiger partial charge in [-0.05, 0) is 54.3 Å². The van der Waals surface area contributed by atoms with Crippen molar-refractivity contribution in [3.05, 3.63) is 69.4 Å². The molecule has 1 nitrogen and oxygen atoms in total. The van der Waals surface area contributed by atoms with Gasteiger partial charge in [-0.15, -0.1) is 0 Å². The Labute approximate surface area is 133 Å². The van der Waals surface area contributed by atoms with Gasteiger partial charge in [0.25, 0.3) is 0 Å². The molecular weight excluding hydrogens is 329 g/mol. The largest absolute Gasteiger partial charge is 0.313 e. The number of halogens is 2. The number of fused-ring (bicyclic) bond motifs is 1. The molecule has 0 aromatic heterocycles. The molecule has 3 rings (SSSR count). The second-order valence-corrected chi connectivity index (χ2v) is 6.53. The second-order valence-electron chi connectivity index (χ2n) is 5.61. The van der Waals surface area contributed by atoms with Crippen molar-refractivity contribution in [1.82, 2.24) is 5.32 Å². The van der Waals surface area contributed by atoms with Crippen molar-refractivity contribution in [2.24, 2.45) is 0 Å². The Morgan fingerprint density at radius 3 is 2.86 bits per heavy atom. The minimum absolute atomic E-state index is 0.117. The summed E-state index contributed by atoms with van der Waals surface area (Å²) in [5.74, 6) is 0.369. The number of hydrogen-bond donors (Lipinski definition) is 1. The van der Waals surface area contributed by atoms with Gasteiger partial charge < -0.3 is 5.32 Å². The van der Waals surface area contributed by atoms with E-state index in [1.807, 2.05) is 6.07 Å². The Hall–Kier alpha value is -1.19. The van der Waals surface area contributed by atoms with E-state index in [1.165, 1.54) is 17.2 Å². The minimum atomic E-state index is -0.117. The Bertz CT molecular complexity index is 641. The molecule has 0 bridgehead atoms. The highest BCUT2D eigenvalue weighted by atomic mass is 79.9. The van der Waals surface area contributed by atoms with Crippen LogP contribution in [0.1, 0.15) is 29.5 Å². The molecule has 2 unspecified atom stereocenters. The molecule has 1 aliphatic rings. The first-order valence-electron chi connectivity index (χ1n) is 7.44. The number of rotatable bonds is 5. The summed E-state index contributed by atoms with van der Waals surface area (Å²) < 4.78 is 14.9. The molecule has 0 fully saturated rings. The van der Waals surface area contributed by atoms with Crippen molar-refractivity contribution in [3.8, 4) is 0 Å². The molecule has 1 N–H and O–H groups in total. The first kappa shape index (κ1) is 14.7. The van der Waals surface area contributed by atoms with Crippen molar-refractivity contribution >= 4 is 15.9 Å². The molecule has 0 heterocycles. The topological polar surface area (TPSA) is 12.0 Å². The van der Waals surface area contributed by atoms with Gasteiger partial charge in [0.05, 0.1) is 0 Å². The molecule has 0 aliphatic heterocycles. The predicted octanol–water partition coefficient (Wildman–Crippen LogP) is 4.45. The summed E-state index contributed by atoms with van der Waals surface area (Å²) >= 11 is 3.43. The highest BCUT2D eigenvalue weighted by molar-refractivity contribution is 9.10. The van der Waals surface area contributed by atoms with Crippen LogP contribution in [0, 0.1) is 5.82 Å². The Morgan fingerprint density at radius 2 is 2.10 bits per heavy atom. The zero-order valence-corrected chi connectivity index (χ0v) is 13.7. The molecule has 2 aromatic rings. The summed E-state index contributed by atoms with van der Waals surface area (Å²) in [6.45, 7) is 3.01. The van der Waals surface area contributed by atoms with E-state index < -0.39 is 0 Å². The Kier molecular flexibility index (Phi) is 4.41. The molecule has 2 aromatic carbocycles. The third-order valence-electron chi connectivity index (χ3n) is 4.29. The van der Waals surface area contributed by atoms with Gasteiger partial charge in [-0.25, -0.2) is 4.39 Å². The van der Waals surface area contributed by atoms with Crippen LogP contribution >= 0.6 is 15.9 Å². The lowest BCUT2D eigenvalue weighted by Gasteiger charge is -2.37. The molecule has 0 saturated carbocycles. The monoisotopic (exact) mass is 347 g/mol. The average Bonchev–Trinajstić information content (AvgIpc) is 2.44. The summed E-state index contributed by atoms with van der Waals surface area (Å²) in [6, 6.07) is 14.0. The van der Waals surface area contributed by atoms with Crippen LogP contribution in [0.15, 0.2) is 46.9 Å². The highest BCUT2D eigenvalue weighted by Crippen LogP contribution is 2.38. The van der Waals surface area contributed by atoms with Crippen LogP contribution in [0.2, 0.25) is 0 Å². The van der Waals surface area contributed by atoms with Crippen molar-refractivity contribution in [3.63, 3.8) is 0 Å². The highest BCUT2D eigenvalue weighted by Gasteiger charge is 2.32. The second kappa shape index (κ2) is 6.29. The molecular formula is C18H19BrFN. The van der Waals surface area contributed by atoms with E-state index in [0.29, 0.717) is 5.92 Å². The SMILES string of the molecule is CCNC(Cc1cc(Br)ccc1F)C1Cc2ccccc21. The smallest absolute Gasteiger partial charge is 0.126 e. The molecule has 2 atom stereocenters. The van der Waals surface area contributed by atoms with Gasteiger partial charge in [-0.1, -0.05) is 47.1 Å². The fraction of sp³-hybridized carbons (Fsp3) is 0.333. The maximum Gasteiger partial charge on any atom is 0.126 e. The van der Waals surface area contributed by atoms with Gasteiger partial charge in [0.1, 0.15) is 5.82 Å². The zero-order chi connectivity index (χ0) is 14.8. The number of nitrogens with one attached hydrogen (secondary N) is 1. The Morgan fingerprint density at radius 1 is 1.29 bits per heavy atom. The first-order chi connectivity index (χ1) is 10.2. The third kappa shape index (κ3) is 3.04. The summed E-state index contributed by atoms with van der Waals surface area (Å²) in [6.07, 6.45) is 1.81. The van der Waals surface area contributed by atoms with E-state index in [0.717, 1.165) is 29.4 Å². The molecule has 1 aliphatic carbocycles. The van der Waals surface area contributed by atoms with Crippen molar-refractivity contribution in [1.29, 1.82) is 0 Å². The number of likely N-dealkylation sites (N-methyl/N-ethyl adjacent to an activating group) is 1. The van der Waals surface area contributed by atoms with Crippen LogP contribution in [0.3, 0.4) is 0 Å². The van der Waals surface area contributed by atoms with Gasteiger partial charge in [0.15, 0.2) is 0 Å². The van der Waals surface area contributed by atoms with Gasteiger partial charge in [-0.2, -0.15) is 0 Å². The lowest BCUT2D eigenvalue weighted by Crippen LogP contribution is -2.41. The first-order valence-corrected chi connectivity index (χ1v) is 8.23. The van der Waals surface area contributed by atoms with Gasteiger partial charge >= 0.3 is 0 Å². The molecule has 0 radical (unpaired) electrons. The average molecular weight is 348 g/mol. The summed E-state index contributed by atoms with van der Waals surface area (Å²) in [5.41, 5.74) is 3.62. The van der Waals surface area contributed by atoms with Crippen molar-refractivity contribution < 1.29 is 4.39 Å². The summed E-state index contributed by atoms with van der Waals surface area (Å²) in [5, 5.41) is 3.54. The van der Waals surface area contributed by atoms with E-state index in [9.17, 15) is 4.39 Å². The van der Waals surface area contributed by atoms with Crippen molar-refractivity contribution in [2.45, 2.75) is 31.7 Å². The van der Waals surface area contributed by atoms with Gasteiger partial charge in [-0.3, -0.25) is 0 Å². The van der Waals surface area contributed by atoms with Crippen LogP contribution in [-0.2, 0) is 12.8 Å².